The predicted octanol–water partition coefficient (Wildman–Crippen LogP) is 6.32. The van der Waals surface area contributed by atoms with Gasteiger partial charge < -0.3 is 9.84 Å². The van der Waals surface area contributed by atoms with E-state index in [9.17, 15) is 5.11 Å². The van der Waals surface area contributed by atoms with E-state index in [1.807, 2.05) is 41.5 Å². The van der Waals surface area contributed by atoms with Crippen LogP contribution < -0.4 is 4.74 Å². The van der Waals surface area contributed by atoms with Crippen molar-refractivity contribution in [1.29, 1.82) is 0 Å². The van der Waals surface area contributed by atoms with E-state index in [0.29, 0.717) is 0 Å². The molecule has 0 aliphatic rings. The summed E-state index contributed by atoms with van der Waals surface area (Å²) < 4.78 is 5.39. The molecule has 0 bridgehead atoms. The van der Waals surface area contributed by atoms with Crippen LogP contribution in [0.25, 0.3) is 0 Å². The van der Waals surface area contributed by atoms with Gasteiger partial charge in [0.1, 0.15) is 5.75 Å². The SMILES string of the molecule is CC.CC.COc1ccc(C)cc1CCCCCCC(C)(C)O. The quantitative estimate of drug-likeness (QED) is 0.567. The van der Waals surface area contributed by atoms with Crippen LogP contribution in [0.1, 0.15) is 84.8 Å². The molecule has 136 valence electrons. The van der Waals surface area contributed by atoms with E-state index >= 15 is 0 Å². The molecule has 0 saturated heterocycles. The third-order valence-electron chi connectivity index (χ3n) is 3.42. The number of aliphatic hydroxyl groups is 1. The fraction of sp³-hybridized carbons (Fsp3) is 0.714. The van der Waals surface area contributed by atoms with E-state index in [-0.39, 0.29) is 0 Å². The van der Waals surface area contributed by atoms with Gasteiger partial charge in [0.05, 0.1) is 12.7 Å². The van der Waals surface area contributed by atoms with Crippen molar-refractivity contribution in [2.75, 3.05) is 7.11 Å². The summed E-state index contributed by atoms with van der Waals surface area (Å²) in [5.74, 6) is 1.00. The van der Waals surface area contributed by atoms with Crippen LogP contribution in [-0.4, -0.2) is 17.8 Å². The summed E-state index contributed by atoms with van der Waals surface area (Å²) in [6, 6.07) is 6.36. The standard InChI is InChI=1S/C17H28O2.2C2H6/c1-14-10-11-16(19-4)15(13-14)9-7-5-6-8-12-17(2,3)18;2*1-2/h10-11,13,18H,5-9,12H2,1-4H3;2*1-2H3. The zero-order valence-electron chi connectivity index (χ0n) is 16.8. The second-order valence-corrected chi connectivity index (χ2v) is 6.04. The molecule has 1 aromatic rings. The van der Waals surface area contributed by atoms with Crippen LogP contribution in [0, 0.1) is 6.92 Å². The van der Waals surface area contributed by atoms with Crippen LogP contribution >= 0.6 is 0 Å². The maximum absolute atomic E-state index is 9.63. The van der Waals surface area contributed by atoms with Crippen molar-refractivity contribution in [2.45, 2.75) is 92.6 Å². The van der Waals surface area contributed by atoms with E-state index in [2.05, 4.69) is 25.1 Å². The van der Waals surface area contributed by atoms with E-state index in [0.717, 1.165) is 25.0 Å². The van der Waals surface area contributed by atoms with Crippen LogP contribution in [0.15, 0.2) is 18.2 Å². The Hall–Kier alpha value is -1.02. The van der Waals surface area contributed by atoms with Gasteiger partial charge in [0.2, 0.25) is 0 Å². The summed E-state index contributed by atoms with van der Waals surface area (Å²) in [6.45, 7) is 13.9. The van der Waals surface area contributed by atoms with Gasteiger partial charge in [-0.3, -0.25) is 0 Å². The maximum atomic E-state index is 9.63. The molecule has 1 aromatic carbocycles. The Kier molecular flexibility index (Phi) is 15.3. The van der Waals surface area contributed by atoms with Gasteiger partial charge in [-0.05, 0) is 51.7 Å². The monoisotopic (exact) mass is 324 g/mol. The lowest BCUT2D eigenvalue weighted by Gasteiger charge is -2.16. The number of rotatable bonds is 8. The molecule has 2 heteroatoms. The summed E-state index contributed by atoms with van der Waals surface area (Å²) >= 11 is 0. The normalized spacial score (nSPS) is 10.1. The molecule has 0 amide bonds. The fourth-order valence-electron chi connectivity index (χ4n) is 2.33. The number of hydrogen-bond acceptors (Lipinski definition) is 2. The van der Waals surface area contributed by atoms with Gasteiger partial charge in [0, 0.05) is 0 Å². The number of aryl methyl sites for hydroxylation is 2. The molecule has 0 aliphatic carbocycles. The molecule has 0 saturated carbocycles. The highest BCUT2D eigenvalue weighted by atomic mass is 16.5. The number of unbranched alkanes of at least 4 members (excludes halogenated alkanes) is 3. The number of methoxy groups -OCH3 is 1. The minimum absolute atomic E-state index is 0.514. The average molecular weight is 325 g/mol. The molecule has 0 unspecified atom stereocenters. The molecule has 0 heterocycles. The predicted molar refractivity (Wildman–Crippen MR) is 104 cm³/mol. The van der Waals surface area contributed by atoms with Gasteiger partial charge in [-0.2, -0.15) is 0 Å². The average Bonchev–Trinajstić information content (AvgIpc) is 2.54. The fourth-order valence-corrected chi connectivity index (χ4v) is 2.33. The van der Waals surface area contributed by atoms with Crippen LogP contribution in [0.4, 0.5) is 0 Å². The van der Waals surface area contributed by atoms with Crippen molar-refractivity contribution in [3.05, 3.63) is 29.3 Å². The third-order valence-corrected chi connectivity index (χ3v) is 3.42. The molecule has 0 fully saturated rings. The zero-order valence-corrected chi connectivity index (χ0v) is 16.8. The first kappa shape index (κ1) is 24.2. The Morgan fingerprint density at radius 3 is 2.04 bits per heavy atom. The summed E-state index contributed by atoms with van der Waals surface area (Å²) in [5.41, 5.74) is 2.09. The van der Waals surface area contributed by atoms with Gasteiger partial charge in [-0.1, -0.05) is 64.7 Å². The van der Waals surface area contributed by atoms with E-state index in [1.165, 1.54) is 30.4 Å². The number of hydrogen-bond donors (Lipinski definition) is 1. The molecule has 2 nitrogen and oxygen atoms in total. The maximum Gasteiger partial charge on any atom is 0.122 e. The van der Waals surface area contributed by atoms with E-state index in [4.69, 9.17) is 4.74 Å². The van der Waals surface area contributed by atoms with Crippen molar-refractivity contribution in [3.8, 4) is 5.75 Å². The molecule has 0 spiro atoms. The Labute approximate surface area is 145 Å². The lowest BCUT2D eigenvalue weighted by Crippen LogP contribution is -2.17. The van der Waals surface area contributed by atoms with Crippen molar-refractivity contribution in [1.82, 2.24) is 0 Å². The topological polar surface area (TPSA) is 29.5 Å². The Morgan fingerprint density at radius 2 is 1.52 bits per heavy atom. The van der Waals surface area contributed by atoms with Crippen LogP contribution in [0.2, 0.25) is 0 Å². The Balaban J connectivity index is 0. The molecule has 0 radical (unpaired) electrons. The molecule has 0 aliphatic heterocycles. The highest BCUT2D eigenvalue weighted by Gasteiger charge is 2.11. The van der Waals surface area contributed by atoms with Crippen LogP contribution in [0.5, 0.6) is 5.75 Å². The van der Waals surface area contributed by atoms with Gasteiger partial charge in [0.15, 0.2) is 0 Å². The van der Waals surface area contributed by atoms with Gasteiger partial charge in [-0.15, -0.1) is 0 Å². The van der Waals surface area contributed by atoms with E-state index < -0.39 is 5.60 Å². The lowest BCUT2D eigenvalue weighted by atomic mass is 9.98. The van der Waals surface area contributed by atoms with E-state index in [1.54, 1.807) is 7.11 Å². The minimum atomic E-state index is -0.514. The van der Waals surface area contributed by atoms with Gasteiger partial charge in [0.25, 0.3) is 0 Å². The van der Waals surface area contributed by atoms with Crippen molar-refractivity contribution in [2.24, 2.45) is 0 Å². The number of benzene rings is 1. The molecule has 23 heavy (non-hydrogen) atoms. The summed E-state index contributed by atoms with van der Waals surface area (Å²) in [5, 5.41) is 9.63. The summed E-state index contributed by atoms with van der Waals surface area (Å²) in [6.07, 6.45) is 6.67. The second kappa shape index (κ2) is 14.6. The van der Waals surface area contributed by atoms with Crippen molar-refractivity contribution < 1.29 is 9.84 Å². The molecular formula is C21H40O2. The summed E-state index contributed by atoms with van der Waals surface area (Å²) in [7, 11) is 1.73. The molecule has 0 aromatic heterocycles. The molecule has 1 rings (SSSR count). The first-order chi connectivity index (χ1) is 10.9. The summed E-state index contributed by atoms with van der Waals surface area (Å²) in [4.78, 5) is 0. The minimum Gasteiger partial charge on any atom is -0.496 e. The zero-order chi connectivity index (χ0) is 18.3. The van der Waals surface area contributed by atoms with Crippen LogP contribution in [0.3, 0.4) is 0 Å². The molecule has 1 N–H and O–H groups in total. The second-order valence-electron chi connectivity index (χ2n) is 6.04. The highest BCUT2D eigenvalue weighted by molar-refractivity contribution is 5.36. The number of ether oxygens (including phenoxy) is 1. The smallest absolute Gasteiger partial charge is 0.122 e. The van der Waals surface area contributed by atoms with Gasteiger partial charge in [-0.25, -0.2) is 0 Å². The first-order valence-corrected chi connectivity index (χ1v) is 9.28. The highest BCUT2D eigenvalue weighted by Crippen LogP contribution is 2.22. The molecule has 0 atom stereocenters. The Morgan fingerprint density at radius 1 is 0.957 bits per heavy atom. The third kappa shape index (κ3) is 13.1. The van der Waals surface area contributed by atoms with Crippen LogP contribution in [-0.2, 0) is 6.42 Å². The Bertz CT molecular complexity index is 378. The largest absolute Gasteiger partial charge is 0.496 e. The van der Waals surface area contributed by atoms with Gasteiger partial charge >= 0.3 is 0 Å². The molecular weight excluding hydrogens is 284 g/mol. The van der Waals surface area contributed by atoms with Crippen molar-refractivity contribution >= 4 is 0 Å². The lowest BCUT2D eigenvalue weighted by molar-refractivity contribution is 0.0680. The van der Waals surface area contributed by atoms with Crippen molar-refractivity contribution in [3.63, 3.8) is 0 Å². The first-order valence-electron chi connectivity index (χ1n) is 9.28.